The van der Waals surface area contributed by atoms with Crippen LogP contribution < -0.4 is 10.3 Å². The molecule has 0 radical (unpaired) electrons. The molecule has 0 unspecified atom stereocenters. The molecule has 4 heteroatoms. The Hall–Kier alpha value is -2.36. The molecule has 1 aromatic carbocycles. The number of pyridine rings is 1. The summed E-state index contributed by atoms with van der Waals surface area (Å²) in [5, 5.41) is 0. The van der Waals surface area contributed by atoms with Gasteiger partial charge in [-0.1, -0.05) is 6.92 Å². The first-order valence-corrected chi connectivity index (χ1v) is 6.16. The largest absolute Gasteiger partial charge is 0.494 e. The topological polar surface area (TPSA) is 59.2 Å². The van der Waals surface area contributed by atoms with Crippen LogP contribution in [0.3, 0.4) is 0 Å². The summed E-state index contributed by atoms with van der Waals surface area (Å²) in [6.45, 7) is 2.73. The van der Waals surface area contributed by atoms with Gasteiger partial charge < -0.3 is 9.72 Å². The molecule has 0 fully saturated rings. The Labute approximate surface area is 111 Å². The number of aromatic amines is 1. The van der Waals surface area contributed by atoms with Crippen LogP contribution in [0, 0.1) is 0 Å². The molecule has 0 amide bonds. The highest BCUT2D eigenvalue weighted by atomic mass is 16.5. The van der Waals surface area contributed by atoms with Crippen LogP contribution in [0.1, 0.15) is 23.7 Å². The molecule has 0 aliphatic heterocycles. The van der Waals surface area contributed by atoms with Crippen molar-refractivity contribution in [3.63, 3.8) is 0 Å². The molecule has 0 saturated heterocycles. The predicted molar refractivity (Wildman–Crippen MR) is 73.7 cm³/mol. The molecule has 2 rings (SSSR count). The predicted octanol–water partition coefficient (Wildman–Crippen LogP) is 2.64. The third-order valence-electron chi connectivity index (χ3n) is 2.71. The zero-order valence-electron chi connectivity index (χ0n) is 10.7. The molecule has 0 aliphatic carbocycles. The van der Waals surface area contributed by atoms with Gasteiger partial charge in [-0.25, -0.2) is 0 Å². The first kappa shape index (κ1) is 13.1. The lowest BCUT2D eigenvalue weighted by Crippen LogP contribution is -2.11. The average molecular weight is 257 g/mol. The summed E-state index contributed by atoms with van der Waals surface area (Å²) in [7, 11) is 0. The van der Waals surface area contributed by atoms with Gasteiger partial charge in [0.15, 0.2) is 6.29 Å². The molecule has 19 heavy (non-hydrogen) atoms. The highest BCUT2D eigenvalue weighted by Crippen LogP contribution is 2.20. The summed E-state index contributed by atoms with van der Waals surface area (Å²) in [6, 6.07) is 10.7. The van der Waals surface area contributed by atoms with Crippen molar-refractivity contribution in [2.24, 2.45) is 0 Å². The molecule has 0 spiro atoms. The van der Waals surface area contributed by atoms with E-state index in [1.54, 1.807) is 6.07 Å². The van der Waals surface area contributed by atoms with Crippen molar-refractivity contribution in [1.29, 1.82) is 0 Å². The van der Waals surface area contributed by atoms with Gasteiger partial charge in [0, 0.05) is 5.69 Å². The third-order valence-corrected chi connectivity index (χ3v) is 2.71. The van der Waals surface area contributed by atoms with E-state index in [1.165, 1.54) is 6.07 Å². The van der Waals surface area contributed by atoms with Crippen LogP contribution in [0.4, 0.5) is 0 Å². The standard InChI is InChI=1S/C15H15NO3/c1-2-9-19-13-6-3-11(4-7-13)14-8-5-12(10-17)15(18)16-14/h3-8,10H,2,9H2,1H3,(H,16,18). The van der Waals surface area contributed by atoms with Crippen molar-refractivity contribution in [3.05, 3.63) is 52.3 Å². The Morgan fingerprint density at radius 2 is 1.89 bits per heavy atom. The summed E-state index contributed by atoms with van der Waals surface area (Å²) in [5.74, 6) is 0.803. The zero-order valence-corrected chi connectivity index (χ0v) is 10.7. The number of hydrogen-bond donors (Lipinski definition) is 1. The van der Waals surface area contributed by atoms with Crippen LogP contribution in [0.2, 0.25) is 0 Å². The zero-order chi connectivity index (χ0) is 13.7. The van der Waals surface area contributed by atoms with E-state index in [4.69, 9.17) is 4.74 Å². The Kier molecular flexibility index (Phi) is 4.13. The Bertz CT molecular complexity index is 614. The van der Waals surface area contributed by atoms with Crippen molar-refractivity contribution in [2.45, 2.75) is 13.3 Å². The minimum absolute atomic E-state index is 0.131. The number of nitrogens with one attached hydrogen (secondary N) is 1. The van der Waals surface area contributed by atoms with Crippen molar-refractivity contribution in [2.75, 3.05) is 6.61 Å². The quantitative estimate of drug-likeness (QED) is 0.838. The summed E-state index contributed by atoms with van der Waals surface area (Å²) in [6.07, 6.45) is 1.51. The van der Waals surface area contributed by atoms with Gasteiger partial charge in [0.1, 0.15) is 5.75 Å². The van der Waals surface area contributed by atoms with E-state index in [-0.39, 0.29) is 11.1 Å². The summed E-state index contributed by atoms with van der Waals surface area (Å²) >= 11 is 0. The Balaban J connectivity index is 2.24. The van der Waals surface area contributed by atoms with Crippen molar-refractivity contribution < 1.29 is 9.53 Å². The lowest BCUT2D eigenvalue weighted by atomic mass is 10.1. The number of ether oxygens (including phenoxy) is 1. The summed E-state index contributed by atoms with van der Waals surface area (Å²) in [4.78, 5) is 24.8. The number of carbonyl (C=O) groups excluding carboxylic acids is 1. The van der Waals surface area contributed by atoms with E-state index in [9.17, 15) is 9.59 Å². The van der Waals surface area contributed by atoms with Crippen LogP contribution in [-0.2, 0) is 0 Å². The molecular weight excluding hydrogens is 242 g/mol. The highest BCUT2D eigenvalue weighted by molar-refractivity contribution is 5.75. The molecule has 1 aromatic heterocycles. The molecule has 0 saturated carbocycles. The lowest BCUT2D eigenvalue weighted by Gasteiger charge is -2.06. The van der Waals surface area contributed by atoms with E-state index in [0.717, 1.165) is 17.7 Å². The maximum Gasteiger partial charge on any atom is 0.258 e. The average Bonchev–Trinajstić information content (AvgIpc) is 2.45. The van der Waals surface area contributed by atoms with Crippen LogP contribution in [0.5, 0.6) is 5.75 Å². The molecule has 2 aromatic rings. The number of H-pyrrole nitrogens is 1. The second-order valence-corrected chi connectivity index (χ2v) is 4.15. The van der Waals surface area contributed by atoms with E-state index in [2.05, 4.69) is 4.98 Å². The van der Waals surface area contributed by atoms with Gasteiger partial charge in [-0.05, 0) is 48.4 Å². The first-order valence-electron chi connectivity index (χ1n) is 6.16. The van der Waals surface area contributed by atoms with Gasteiger partial charge in [0.2, 0.25) is 0 Å². The number of rotatable bonds is 5. The maximum absolute atomic E-state index is 11.5. The summed E-state index contributed by atoms with van der Waals surface area (Å²) < 4.78 is 5.49. The monoisotopic (exact) mass is 257 g/mol. The highest BCUT2D eigenvalue weighted by Gasteiger charge is 2.02. The van der Waals surface area contributed by atoms with Crippen molar-refractivity contribution >= 4 is 6.29 Å². The SMILES string of the molecule is CCCOc1ccc(-c2ccc(C=O)c(=O)[nH]2)cc1. The van der Waals surface area contributed by atoms with Gasteiger partial charge in [-0.3, -0.25) is 9.59 Å². The van der Waals surface area contributed by atoms with E-state index < -0.39 is 0 Å². The molecular formula is C15H15NO3. The van der Waals surface area contributed by atoms with Gasteiger partial charge in [0.05, 0.1) is 12.2 Å². The number of aldehydes is 1. The second-order valence-electron chi connectivity index (χ2n) is 4.15. The van der Waals surface area contributed by atoms with Gasteiger partial charge >= 0.3 is 0 Å². The minimum atomic E-state index is -0.376. The fraction of sp³-hybridized carbons (Fsp3) is 0.200. The fourth-order valence-corrected chi connectivity index (χ4v) is 1.70. The van der Waals surface area contributed by atoms with Crippen molar-refractivity contribution in [1.82, 2.24) is 4.98 Å². The molecule has 98 valence electrons. The smallest absolute Gasteiger partial charge is 0.258 e. The number of carbonyl (C=O) groups is 1. The number of benzene rings is 1. The first-order chi connectivity index (χ1) is 9.24. The molecule has 0 bridgehead atoms. The van der Waals surface area contributed by atoms with E-state index in [0.29, 0.717) is 18.6 Å². The normalized spacial score (nSPS) is 10.2. The van der Waals surface area contributed by atoms with Gasteiger partial charge in [0.25, 0.3) is 5.56 Å². The maximum atomic E-state index is 11.5. The fourth-order valence-electron chi connectivity index (χ4n) is 1.70. The van der Waals surface area contributed by atoms with Crippen LogP contribution in [0.25, 0.3) is 11.3 Å². The van der Waals surface area contributed by atoms with Gasteiger partial charge in [-0.15, -0.1) is 0 Å². The lowest BCUT2D eigenvalue weighted by molar-refractivity contribution is 0.112. The van der Waals surface area contributed by atoms with Gasteiger partial charge in [-0.2, -0.15) is 0 Å². The molecule has 1 heterocycles. The third kappa shape index (κ3) is 3.10. The molecule has 0 atom stereocenters. The molecule has 1 N–H and O–H groups in total. The Morgan fingerprint density at radius 1 is 1.16 bits per heavy atom. The van der Waals surface area contributed by atoms with Crippen LogP contribution in [0.15, 0.2) is 41.2 Å². The number of aromatic nitrogens is 1. The van der Waals surface area contributed by atoms with Crippen LogP contribution >= 0.6 is 0 Å². The second kappa shape index (κ2) is 6.00. The van der Waals surface area contributed by atoms with E-state index in [1.807, 2.05) is 31.2 Å². The molecule has 0 aliphatic rings. The molecule has 4 nitrogen and oxygen atoms in total. The number of hydrogen-bond acceptors (Lipinski definition) is 3. The Morgan fingerprint density at radius 3 is 2.47 bits per heavy atom. The minimum Gasteiger partial charge on any atom is -0.494 e. The summed E-state index contributed by atoms with van der Waals surface area (Å²) in [5.41, 5.74) is 1.31. The van der Waals surface area contributed by atoms with Crippen molar-refractivity contribution in [3.8, 4) is 17.0 Å². The van der Waals surface area contributed by atoms with E-state index >= 15 is 0 Å². The van der Waals surface area contributed by atoms with Crippen LogP contribution in [-0.4, -0.2) is 17.9 Å².